The summed E-state index contributed by atoms with van der Waals surface area (Å²) >= 11 is 5.84. The van der Waals surface area contributed by atoms with E-state index in [-0.39, 0.29) is 12.0 Å². The predicted molar refractivity (Wildman–Crippen MR) is 85.5 cm³/mol. The van der Waals surface area contributed by atoms with Gasteiger partial charge in [-0.2, -0.15) is 0 Å². The van der Waals surface area contributed by atoms with Crippen LogP contribution in [0.1, 0.15) is 13.3 Å². The van der Waals surface area contributed by atoms with Crippen LogP contribution in [0, 0.1) is 5.92 Å². The minimum absolute atomic E-state index is 0.0755. The molecule has 1 amide bonds. The van der Waals surface area contributed by atoms with Gasteiger partial charge in [0, 0.05) is 18.7 Å². The van der Waals surface area contributed by atoms with Crippen LogP contribution in [0.25, 0.3) is 0 Å². The number of nitrogens with two attached hydrogens (primary N) is 1. The van der Waals surface area contributed by atoms with Crippen LogP contribution in [0.5, 0.6) is 0 Å². The van der Waals surface area contributed by atoms with Crippen LogP contribution in [0.3, 0.4) is 0 Å². The van der Waals surface area contributed by atoms with E-state index in [2.05, 4.69) is 17.1 Å². The van der Waals surface area contributed by atoms with Crippen molar-refractivity contribution < 1.29 is 9.53 Å². The van der Waals surface area contributed by atoms with E-state index in [4.69, 9.17) is 22.1 Å². The summed E-state index contributed by atoms with van der Waals surface area (Å²) in [6, 6.07) is 5.05. The van der Waals surface area contributed by atoms with Crippen molar-refractivity contribution in [3.63, 3.8) is 0 Å². The number of amides is 1. The third-order valence-corrected chi connectivity index (χ3v) is 4.17. The molecular formula is C15H22ClN3O2. The highest BCUT2D eigenvalue weighted by molar-refractivity contribution is 6.31. The number of likely N-dealkylation sites (tertiary alicyclic amines) is 1. The average Bonchev–Trinajstić information content (AvgIpc) is 2.44. The average molecular weight is 312 g/mol. The van der Waals surface area contributed by atoms with Gasteiger partial charge in [-0.1, -0.05) is 18.5 Å². The third kappa shape index (κ3) is 4.33. The summed E-state index contributed by atoms with van der Waals surface area (Å²) in [5.41, 5.74) is 6.90. The van der Waals surface area contributed by atoms with Crippen molar-refractivity contribution in [2.24, 2.45) is 5.92 Å². The number of anilines is 2. The Kier molecular flexibility index (Phi) is 5.45. The lowest BCUT2D eigenvalue weighted by atomic mass is 9.96. The van der Waals surface area contributed by atoms with Gasteiger partial charge in [0.25, 0.3) is 0 Å². The number of rotatable bonds is 4. The van der Waals surface area contributed by atoms with Gasteiger partial charge in [0.1, 0.15) is 0 Å². The first kappa shape index (κ1) is 16.1. The van der Waals surface area contributed by atoms with Crippen molar-refractivity contribution in [3.05, 3.63) is 23.2 Å². The van der Waals surface area contributed by atoms with Crippen molar-refractivity contribution in [2.45, 2.75) is 19.4 Å². The first-order chi connectivity index (χ1) is 9.99. The number of benzene rings is 1. The molecule has 1 aliphatic rings. The first-order valence-electron chi connectivity index (χ1n) is 7.09. The number of piperidine rings is 1. The van der Waals surface area contributed by atoms with Crippen LogP contribution in [-0.2, 0) is 9.53 Å². The highest BCUT2D eigenvalue weighted by atomic mass is 35.5. The Bertz CT molecular complexity index is 510. The van der Waals surface area contributed by atoms with Crippen LogP contribution in [0.4, 0.5) is 11.4 Å². The maximum atomic E-state index is 12.1. The molecule has 1 saturated heterocycles. The molecule has 0 aromatic heterocycles. The van der Waals surface area contributed by atoms with Crippen molar-refractivity contribution in [1.29, 1.82) is 0 Å². The summed E-state index contributed by atoms with van der Waals surface area (Å²) in [5, 5.41) is 3.38. The Balaban J connectivity index is 1.90. The molecule has 1 aromatic carbocycles. The van der Waals surface area contributed by atoms with Crippen molar-refractivity contribution in [2.75, 3.05) is 37.8 Å². The van der Waals surface area contributed by atoms with Gasteiger partial charge in [-0.25, -0.2) is 0 Å². The van der Waals surface area contributed by atoms with Gasteiger partial charge in [-0.3, -0.25) is 9.69 Å². The number of carbonyl (C=O) groups is 1. The Morgan fingerprint density at radius 2 is 2.33 bits per heavy atom. The minimum Gasteiger partial charge on any atom is -0.397 e. The van der Waals surface area contributed by atoms with Crippen LogP contribution in [0.2, 0.25) is 5.02 Å². The molecule has 5 nitrogen and oxygen atoms in total. The largest absolute Gasteiger partial charge is 0.397 e. The fourth-order valence-corrected chi connectivity index (χ4v) is 2.77. The Labute approximate surface area is 130 Å². The highest BCUT2D eigenvalue weighted by Gasteiger charge is 2.27. The molecule has 0 spiro atoms. The van der Waals surface area contributed by atoms with E-state index in [1.807, 2.05) is 0 Å². The maximum Gasteiger partial charge on any atom is 0.238 e. The standard InChI is InChI=1S/C15H22ClN3O2/c1-10-5-6-19(8-14(10)21-2)9-15(20)18-13-4-3-11(16)7-12(13)17/h3-4,7,10,14H,5-6,8-9,17H2,1-2H3,(H,18,20). The van der Waals surface area contributed by atoms with Crippen molar-refractivity contribution >= 4 is 28.9 Å². The van der Waals surface area contributed by atoms with E-state index in [1.54, 1.807) is 25.3 Å². The summed E-state index contributed by atoms with van der Waals surface area (Å²) in [6.45, 7) is 4.21. The number of methoxy groups -OCH3 is 1. The van der Waals surface area contributed by atoms with Gasteiger partial charge in [0.2, 0.25) is 5.91 Å². The summed E-state index contributed by atoms with van der Waals surface area (Å²) in [4.78, 5) is 14.2. The van der Waals surface area contributed by atoms with Crippen LogP contribution < -0.4 is 11.1 Å². The second-order valence-corrected chi connectivity index (χ2v) is 5.99. The molecule has 1 aliphatic heterocycles. The van der Waals surface area contributed by atoms with Gasteiger partial charge >= 0.3 is 0 Å². The molecule has 1 fully saturated rings. The van der Waals surface area contributed by atoms with E-state index in [9.17, 15) is 4.79 Å². The van der Waals surface area contributed by atoms with Gasteiger partial charge in [-0.05, 0) is 37.1 Å². The van der Waals surface area contributed by atoms with E-state index in [1.165, 1.54) is 0 Å². The molecule has 2 rings (SSSR count). The number of ether oxygens (including phenoxy) is 1. The number of nitrogens with one attached hydrogen (secondary N) is 1. The highest BCUT2D eigenvalue weighted by Crippen LogP contribution is 2.23. The zero-order valence-electron chi connectivity index (χ0n) is 12.4. The van der Waals surface area contributed by atoms with E-state index in [0.29, 0.717) is 28.9 Å². The summed E-state index contributed by atoms with van der Waals surface area (Å²) in [7, 11) is 1.72. The number of hydrogen-bond acceptors (Lipinski definition) is 4. The topological polar surface area (TPSA) is 67.6 Å². The van der Waals surface area contributed by atoms with Crippen molar-refractivity contribution in [1.82, 2.24) is 4.90 Å². The number of nitrogen functional groups attached to an aromatic ring is 1. The molecule has 0 aliphatic carbocycles. The zero-order chi connectivity index (χ0) is 15.4. The SMILES string of the molecule is COC1CN(CC(=O)Nc2ccc(Cl)cc2N)CCC1C. The minimum atomic E-state index is -0.0755. The van der Waals surface area contributed by atoms with Gasteiger partial charge < -0.3 is 15.8 Å². The summed E-state index contributed by atoms with van der Waals surface area (Å²) in [6.07, 6.45) is 1.22. The number of nitrogens with zero attached hydrogens (tertiary/aromatic N) is 1. The normalized spacial score (nSPS) is 23.0. The fourth-order valence-electron chi connectivity index (χ4n) is 2.59. The van der Waals surface area contributed by atoms with Gasteiger partial charge in [0.15, 0.2) is 0 Å². The molecule has 0 bridgehead atoms. The first-order valence-corrected chi connectivity index (χ1v) is 7.47. The Hall–Kier alpha value is -1.30. The third-order valence-electron chi connectivity index (χ3n) is 3.93. The molecule has 21 heavy (non-hydrogen) atoms. The van der Waals surface area contributed by atoms with E-state index in [0.717, 1.165) is 19.5 Å². The molecule has 2 atom stereocenters. The summed E-state index contributed by atoms with van der Waals surface area (Å²) in [5.74, 6) is 0.453. The molecule has 0 radical (unpaired) electrons. The zero-order valence-corrected chi connectivity index (χ0v) is 13.2. The van der Waals surface area contributed by atoms with Crippen LogP contribution >= 0.6 is 11.6 Å². The number of halogens is 1. The molecule has 1 heterocycles. The quantitative estimate of drug-likeness (QED) is 0.837. The maximum absolute atomic E-state index is 12.1. The molecule has 2 unspecified atom stereocenters. The smallest absolute Gasteiger partial charge is 0.238 e. The Morgan fingerprint density at radius 3 is 3.00 bits per heavy atom. The van der Waals surface area contributed by atoms with Crippen molar-refractivity contribution in [3.8, 4) is 0 Å². The second-order valence-electron chi connectivity index (χ2n) is 5.55. The number of carbonyl (C=O) groups excluding carboxylic acids is 1. The van der Waals surface area contributed by atoms with E-state index < -0.39 is 0 Å². The van der Waals surface area contributed by atoms with Crippen LogP contribution in [0.15, 0.2) is 18.2 Å². The van der Waals surface area contributed by atoms with Gasteiger partial charge in [-0.15, -0.1) is 0 Å². The second kappa shape index (κ2) is 7.11. The monoisotopic (exact) mass is 311 g/mol. The summed E-state index contributed by atoms with van der Waals surface area (Å²) < 4.78 is 5.46. The molecule has 116 valence electrons. The van der Waals surface area contributed by atoms with Gasteiger partial charge in [0.05, 0.1) is 24.0 Å². The lowest BCUT2D eigenvalue weighted by Gasteiger charge is -2.35. The molecular weight excluding hydrogens is 290 g/mol. The molecule has 6 heteroatoms. The predicted octanol–water partition coefficient (Wildman–Crippen LogP) is 2.22. The molecule has 1 aromatic rings. The Morgan fingerprint density at radius 1 is 1.57 bits per heavy atom. The van der Waals surface area contributed by atoms with E-state index >= 15 is 0 Å². The van der Waals surface area contributed by atoms with Crippen LogP contribution in [-0.4, -0.2) is 43.7 Å². The molecule has 3 N–H and O–H groups in total. The number of hydrogen-bond donors (Lipinski definition) is 2. The fraction of sp³-hybridized carbons (Fsp3) is 0.533. The lowest BCUT2D eigenvalue weighted by molar-refractivity contribution is -0.118. The molecule has 0 saturated carbocycles. The lowest BCUT2D eigenvalue weighted by Crippen LogP contribution is -2.46.